The van der Waals surface area contributed by atoms with Crippen LogP contribution in [0.25, 0.3) is 0 Å². The van der Waals surface area contributed by atoms with Crippen molar-refractivity contribution < 1.29 is 9.53 Å². The number of rotatable bonds is 4. The molecule has 2 rings (SSSR count). The third kappa shape index (κ3) is 3.59. The van der Waals surface area contributed by atoms with E-state index in [1.165, 1.54) is 6.33 Å². The van der Waals surface area contributed by atoms with Gasteiger partial charge in [-0.25, -0.2) is 14.8 Å². The number of aromatic nitrogens is 2. The maximum atomic E-state index is 11.7. The third-order valence-corrected chi connectivity index (χ3v) is 2.90. The quantitative estimate of drug-likeness (QED) is 0.689. The Morgan fingerprint density at radius 1 is 1.30 bits per heavy atom. The van der Waals surface area contributed by atoms with E-state index in [0.717, 1.165) is 0 Å². The van der Waals surface area contributed by atoms with E-state index in [9.17, 15) is 4.79 Å². The Hall–Kier alpha value is -1.85. The van der Waals surface area contributed by atoms with Gasteiger partial charge in [0.1, 0.15) is 17.3 Å². The lowest BCUT2D eigenvalue weighted by Gasteiger charge is -2.09. The zero-order valence-corrected chi connectivity index (χ0v) is 12.1. The number of hydrogen-bond acceptors (Lipinski definition) is 5. The summed E-state index contributed by atoms with van der Waals surface area (Å²) in [6.07, 6.45) is 1.34. The van der Waals surface area contributed by atoms with Crippen LogP contribution in [0.3, 0.4) is 0 Å². The lowest BCUT2D eigenvalue weighted by molar-refractivity contribution is 0.0526. The molecule has 0 amide bonds. The molecule has 1 heterocycles. The van der Waals surface area contributed by atoms with E-state index < -0.39 is 5.97 Å². The minimum atomic E-state index is -0.470. The fourth-order valence-corrected chi connectivity index (χ4v) is 1.86. The Morgan fingerprint density at radius 3 is 2.80 bits per heavy atom. The number of hydrogen-bond donors (Lipinski definition) is 1. The lowest BCUT2D eigenvalue weighted by Crippen LogP contribution is -2.06. The number of benzene rings is 1. The molecule has 0 fully saturated rings. The third-order valence-electron chi connectivity index (χ3n) is 2.37. The number of carbonyl (C=O) groups is 1. The fourth-order valence-electron chi connectivity index (χ4n) is 1.52. The minimum Gasteiger partial charge on any atom is -0.462 e. The van der Waals surface area contributed by atoms with Gasteiger partial charge in [-0.15, -0.1) is 0 Å². The van der Waals surface area contributed by atoms with Crippen molar-refractivity contribution in [2.45, 2.75) is 6.92 Å². The summed E-state index contributed by atoms with van der Waals surface area (Å²) >= 11 is 11.8. The maximum Gasteiger partial charge on any atom is 0.339 e. The highest BCUT2D eigenvalue weighted by Crippen LogP contribution is 2.24. The van der Waals surface area contributed by atoms with Crippen LogP contribution < -0.4 is 5.32 Å². The van der Waals surface area contributed by atoms with Crippen LogP contribution in [0, 0.1) is 0 Å². The second kappa shape index (κ2) is 6.54. The molecule has 0 aliphatic rings. The largest absolute Gasteiger partial charge is 0.462 e. The summed E-state index contributed by atoms with van der Waals surface area (Å²) in [5.41, 5.74) is 0.936. The van der Waals surface area contributed by atoms with Crippen LogP contribution in [-0.4, -0.2) is 22.5 Å². The predicted molar refractivity (Wildman–Crippen MR) is 77.7 cm³/mol. The summed E-state index contributed by atoms with van der Waals surface area (Å²) < 4.78 is 4.94. The van der Waals surface area contributed by atoms with Crippen LogP contribution >= 0.6 is 23.2 Å². The van der Waals surface area contributed by atoms with Crippen molar-refractivity contribution in [2.75, 3.05) is 11.9 Å². The van der Waals surface area contributed by atoms with Crippen molar-refractivity contribution in [3.63, 3.8) is 0 Å². The molecular formula is C13H11Cl2N3O2. The second-order valence-corrected chi connectivity index (χ2v) is 4.56. The van der Waals surface area contributed by atoms with Crippen LogP contribution in [0.1, 0.15) is 17.3 Å². The van der Waals surface area contributed by atoms with E-state index in [1.807, 2.05) is 0 Å². The molecule has 0 unspecified atom stereocenters. The summed E-state index contributed by atoms with van der Waals surface area (Å²) in [5.74, 6) is 0.0454. The first-order valence-corrected chi connectivity index (χ1v) is 6.57. The van der Waals surface area contributed by atoms with E-state index in [-0.39, 0.29) is 6.61 Å². The molecule has 1 N–H and O–H groups in total. The van der Waals surface area contributed by atoms with Gasteiger partial charge in [0.25, 0.3) is 0 Å². The number of esters is 1. The molecule has 5 nitrogen and oxygen atoms in total. The molecule has 7 heteroatoms. The number of ether oxygens (including phenoxy) is 1. The van der Waals surface area contributed by atoms with Crippen molar-refractivity contribution in [3.05, 3.63) is 46.3 Å². The Morgan fingerprint density at radius 2 is 2.10 bits per heavy atom. The van der Waals surface area contributed by atoms with Gasteiger partial charge < -0.3 is 10.1 Å². The zero-order valence-electron chi connectivity index (χ0n) is 10.6. The molecule has 0 aliphatic carbocycles. The van der Waals surface area contributed by atoms with E-state index >= 15 is 0 Å². The molecule has 0 saturated heterocycles. The van der Waals surface area contributed by atoms with Crippen molar-refractivity contribution in [1.82, 2.24) is 9.97 Å². The standard InChI is InChI=1S/C13H11Cl2N3O2/c1-2-20-13(19)9-5-8(3-4-10(9)14)18-12-6-11(15)16-7-17-12/h3-7H,2H2,1H3,(H,16,17,18). The zero-order chi connectivity index (χ0) is 14.5. The molecule has 1 aromatic carbocycles. The number of nitrogens with zero attached hydrogens (tertiary/aromatic N) is 2. The monoisotopic (exact) mass is 311 g/mol. The SMILES string of the molecule is CCOC(=O)c1cc(Nc2cc(Cl)ncn2)ccc1Cl. The molecule has 0 saturated carbocycles. The number of carbonyl (C=O) groups excluding carboxylic acids is 1. The van der Waals surface area contributed by atoms with E-state index in [4.69, 9.17) is 27.9 Å². The lowest BCUT2D eigenvalue weighted by atomic mass is 10.2. The first kappa shape index (κ1) is 14.6. The number of nitrogens with one attached hydrogen (secondary N) is 1. The van der Waals surface area contributed by atoms with Gasteiger partial charge in [-0.1, -0.05) is 23.2 Å². The summed E-state index contributed by atoms with van der Waals surface area (Å²) in [6, 6.07) is 6.50. The first-order valence-electron chi connectivity index (χ1n) is 5.81. The van der Waals surface area contributed by atoms with Gasteiger partial charge in [0.05, 0.1) is 17.2 Å². The van der Waals surface area contributed by atoms with Crippen LogP contribution in [0.4, 0.5) is 11.5 Å². The smallest absolute Gasteiger partial charge is 0.339 e. The maximum absolute atomic E-state index is 11.7. The summed E-state index contributed by atoms with van der Waals surface area (Å²) in [7, 11) is 0. The topological polar surface area (TPSA) is 64.1 Å². The van der Waals surface area contributed by atoms with E-state index in [1.54, 1.807) is 31.2 Å². The predicted octanol–water partition coefficient (Wildman–Crippen LogP) is 3.70. The number of anilines is 2. The highest BCUT2D eigenvalue weighted by atomic mass is 35.5. The Labute approximate surface area is 125 Å². The van der Waals surface area contributed by atoms with Gasteiger partial charge in [0, 0.05) is 11.8 Å². The van der Waals surface area contributed by atoms with Crippen LogP contribution in [0.2, 0.25) is 10.2 Å². The minimum absolute atomic E-state index is 0.286. The van der Waals surface area contributed by atoms with Gasteiger partial charge in [-0.3, -0.25) is 0 Å². The van der Waals surface area contributed by atoms with Crippen molar-refractivity contribution in [2.24, 2.45) is 0 Å². The Kier molecular flexibility index (Phi) is 4.76. The normalized spacial score (nSPS) is 10.2. The molecule has 0 radical (unpaired) electrons. The van der Waals surface area contributed by atoms with Crippen molar-refractivity contribution in [3.8, 4) is 0 Å². The Bertz CT molecular complexity index is 635. The highest BCUT2D eigenvalue weighted by molar-refractivity contribution is 6.33. The fraction of sp³-hybridized carbons (Fsp3) is 0.154. The van der Waals surface area contributed by atoms with Gasteiger partial charge in [-0.05, 0) is 25.1 Å². The average Bonchev–Trinajstić information content (AvgIpc) is 2.41. The molecule has 1 aromatic heterocycles. The van der Waals surface area contributed by atoms with Crippen LogP contribution in [0.15, 0.2) is 30.6 Å². The van der Waals surface area contributed by atoms with Gasteiger partial charge in [-0.2, -0.15) is 0 Å². The van der Waals surface area contributed by atoms with Gasteiger partial charge >= 0.3 is 5.97 Å². The van der Waals surface area contributed by atoms with Crippen molar-refractivity contribution in [1.29, 1.82) is 0 Å². The number of halogens is 2. The van der Waals surface area contributed by atoms with Crippen molar-refractivity contribution >= 4 is 40.7 Å². The van der Waals surface area contributed by atoms with Gasteiger partial charge in [0.2, 0.25) is 0 Å². The molecule has 2 aromatic rings. The highest BCUT2D eigenvalue weighted by Gasteiger charge is 2.12. The van der Waals surface area contributed by atoms with E-state index in [0.29, 0.717) is 27.2 Å². The first-order chi connectivity index (χ1) is 9.60. The van der Waals surface area contributed by atoms with E-state index in [2.05, 4.69) is 15.3 Å². The van der Waals surface area contributed by atoms with Crippen LogP contribution in [-0.2, 0) is 4.74 Å². The molecule has 20 heavy (non-hydrogen) atoms. The summed E-state index contributed by atoms with van der Waals surface area (Å²) in [4.78, 5) is 19.5. The molecule has 0 bridgehead atoms. The molecule has 0 spiro atoms. The molecule has 104 valence electrons. The molecule has 0 atom stereocenters. The van der Waals surface area contributed by atoms with Crippen LogP contribution in [0.5, 0.6) is 0 Å². The molecule has 0 aliphatic heterocycles. The summed E-state index contributed by atoms with van der Waals surface area (Å²) in [6.45, 7) is 2.02. The van der Waals surface area contributed by atoms with Gasteiger partial charge in [0.15, 0.2) is 0 Å². The second-order valence-electron chi connectivity index (χ2n) is 3.77. The average molecular weight is 312 g/mol. The Balaban J connectivity index is 2.25. The molecular weight excluding hydrogens is 301 g/mol. The summed E-state index contributed by atoms with van der Waals surface area (Å²) in [5, 5.41) is 3.66.